The number of aromatic nitrogens is 1. The van der Waals surface area contributed by atoms with E-state index >= 15 is 0 Å². The van der Waals surface area contributed by atoms with Crippen LogP contribution in [0.15, 0.2) is 59.6 Å². The lowest BCUT2D eigenvalue weighted by Crippen LogP contribution is -2.15. The average Bonchev–Trinajstić information content (AvgIpc) is 2.70. The lowest BCUT2D eigenvalue weighted by molar-refractivity contribution is 0.101. The van der Waals surface area contributed by atoms with Crippen LogP contribution in [0.4, 0.5) is 11.4 Å². The van der Waals surface area contributed by atoms with Gasteiger partial charge in [-0.3, -0.25) is 9.59 Å². The number of rotatable bonds is 5. The minimum absolute atomic E-state index is 0.00125. The van der Waals surface area contributed by atoms with Crippen LogP contribution >= 0.6 is 34.8 Å². The molecule has 160 valence electrons. The number of carbonyl (C=O) groups excluding carboxylic acids is 2. The smallest absolute Gasteiger partial charge is 0.274 e. The third-order valence-corrected chi connectivity index (χ3v) is 6.02. The number of carbonyl (C=O) groups is 2. The molecule has 0 radical (unpaired) electrons. The Balaban J connectivity index is 1.79. The van der Waals surface area contributed by atoms with Crippen LogP contribution in [0.25, 0.3) is 0 Å². The maximum Gasteiger partial charge on any atom is 0.274 e. The quantitative estimate of drug-likeness (QED) is 0.518. The van der Waals surface area contributed by atoms with Gasteiger partial charge in [0.25, 0.3) is 11.8 Å². The Bertz CT molecular complexity index is 1280. The minimum atomic E-state index is -3.46. The Morgan fingerprint density at radius 1 is 0.871 bits per heavy atom. The fourth-order valence-electron chi connectivity index (χ4n) is 2.50. The highest BCUT2D eigenvalue weighted by Crippen LogP contribution is 2.27. The average molecular weight is 499 g/mol. The van der Waals surface area contributed by atoms with E-state index in [1.807, 2.05) is 0 Å². The van der Waals surface area contributed by atoms with Gasteiger partial charge in [0.15, 0.2) is 9.84 Å². The predicted molar refractivity (Wildman–Crippen MR) is 121 cm³/mol. The number of nitrogens with one attached hydrogen (secondary N) is 2. The molecular formula is C20H14Cl3N3O4S. The molecule has 2 amide bonds. The highest BCUT2D eigenvalue weighted by molar-refractivity contribution is 7.90. The summed E-state index contributed by atoms with van der Waals surface area (Å²) in [6.45, 7) is 0. The maximum absolute atomic E-state index is 12.6. The van der Waals surface area contributed by atoms with Crippen molar-refractivity contribution in [3.63, 3.8) is 0 Å². The SMILES string of the molecule is CS(=O)(=O)c1ccc(C(=O)Nc2ccc(Cl)c(NC(=O)c3ccc(Cl)cn3)c2)c(Cl)c1. The van der Waals surface area contributed by atoms with Gasteiger partial charge in [0, 0.05) is 18.1 Å². The summed E-state index contributed by atoms with van der Waals surface area (Å²) in [5.41, 5.74) is 0.796. The normalized spacial score (nSPS) is 11.1. The van der Waals surface area contributed by atoms with Gasteiger partial charge < -0.3 is 10.6 Å². The molecule has 1 heterocycles. The summed E-state index contributed by atoms with van der Waals surface area (Å²) in [5.74, 6) is -1.08. The number of benzene rings is 2. The molecule has 0 fully saturated rings. The molecule has 7 nitrogen and oxygen atoms in total. The number of sulfone groups is 1. The highest BCUT2D eigenvalue weighted by atomic mass is 35.5. The van der Waals surface area contributed by atoms with E-state index in [0.29, 0.717) is 10.7 Å². The number of pyridine rings is 1. The molecule has 31 heavy (non-hydrogen) atoms. The summed E-state index contributed by atoms with van der Waals surface area (Å²) >= 11 is 18.0. The van der Waals surface area contributed by atoms with E-state index in [1.54, 1.807) is 0 Å². The number of nitrogens with zero attached hydrogens (tertiary/aromatic N) is 1. The van der Waals surface area contributed by atoms with Gasteiger partial charge in [0.2, 0.25) is 0 Å². The van der Waals surface area contributed by atoms with E-state index in [1.165, 1.54) is 54.7 Å². The molecule has 2 aromatic carbocycles. The maximum atomic E-state index is 12.6. The Hall–Kier alpha value is -2.65. The fraction of sp³-hybridized carbons (Fsp3) is 0.0500. The molecule has 1 aromatic heterocycles. The standard InChI is InChI=1S/C20H14Cl3N3O4S/c1-31(29,30)13-4-5-14(16(23)9-13)19(27)25-12-3-6-15(22)18(8-12)26-20(28)17-7-2-11(21)10-24-17/h2-10H,1H3,(H,25,27)(H,26,28). The van der Waals surface area contributed by atoms with Crippen LogP contribution in [0.1, 0.15) is 20.8 Å². The fourth-order valence-corrected chi connectivity index (χ4v) is 3.76. The summed E-state index contributed by atoms with van der Waals surface area (Å²) < 4.78 is 23.2. The van der Waals surface area contributed by atoms with Crippen LogP contribution in [0.3, 0.4) is 0 Å². The first-order valence-corrected chi connectivity index (χ1v) is 11.6. The van der Waals surface area contributed by atoms with E-state index in [9.17, 15) is 18.0 Å². The van der Waals surface area contributed by atoms with Crippen LogP contribution < -0.4 is 10.6 Å². The minimum Gasteiger partial charge on any atom is -0.322 e. The van der Waals surface area contributed by atoms with Crippen molar-refractivity contribution in [2.45, 2.75) is 4.90 Å². The van der Waals surface area contributed by atoms with Crippen molar-refractivity contribution < 1.29 is 18.0 Å². The Labute approximate surface area is 193 Å². The second-order valence-corrected chi connectivity index (χ2v) is 9.64. The zero-order chi connectivity index (χ0) is 22.8. The van der Waals surface area contributed by atoms with E-state index < -0.39 is 21.7 Å². The van der Waals surface area contributed by atoms with Crippen LogP contribution in [-0.4, -0.2) is 31.5 Å². The van der Waals surface area contributed by atoms with Crippen molar-refractivity contribution in [3.05, 3.63) is 81.1 Å². The summed E-state index contributed by atoms with van der Waals surface area (Å²) in [6.07, 6.45) is 2.38. The molecule has 0 spiro atoms. The molecule has 0 bridgehead atoms. The molecule has 2 N–H and O–H groups in total. The van der Waals surface area contributed by atoms with E-state index in [2.05, 4.69) is 15.6 Å². The molecular weight excluding hydrogens is 485 g/mol. The highest BCUT2D eigenvalue weighted by Gasteiger charge is 2.16. The van der Waals surface area contributed by atoms with Crippen LogP contribution in [0.2, 0.25) is 15.1 Å². The van der Waals surface area contributed by atoms with Crippen molar-refractivity contribution in [2.75, 3.05) is 16.9 Å². The second-order valence-electron chi connectivity index (χ2n) is 6.38. The van der Waals surface area contributed by atoms with Gasteiger partial charge in [-0.15, -0.1) is 0 Å². The van der Waals surface area contributed by atoms with Gasteiger partial charge in [0.1, 0.15) is 5.69 Å². The van der Waals surface area contributed by atoms with Crippen molar-refractivity contribution in [1.82, 2.24) is 4.98 Å². The summed E-state index contributed by atoms with van der Waals surface area (Å²) in [4.78, 5) is 28.9. The number of anilines is 2. The first-order valence-electron chi connectivity index (χ1n) is 8.58. The van der Waals surface area contributed by atoms with Crippen LogP contribution in [-0.2, 0) is 9.84 Å². The zero-order valence-electron chi connectivity index (χ0n) is 15.8. The third-order valence-electron chi connectivity index (χ3n) is 4.05. The molecule has 0 aliphatic carbocycles. The molecule has 11 heteroatoms. The summed E-state index contributed by atoms with van der Waals surface area (Å²) in [5, 5.41) is 5.86. The van der Waals surface area contributed by atoms with Crippen molar-refractivity contribution in [2.24, 2.45) is 0 Å². The van der Waals surface area contributed by atoms with Gasteiger partial charge in [-0.25, -0.2) is 13.4 Å². The monoisotopic (exact) mass is 497 g/mol. The largest absolute Gasteiger partial charge is 0.322 e. The Morgan fingerprint density at radius 2 is 1.61 bits per heavy atom. The van der Waals surface area contributed by atoms with Gasteiger partial charge in [-0.1, -0.05) is 34.8 Å². The molecule has 0 aliphatic heterocycles. The molecule has 0 saturated carbocycles. The van der Waals surface area contributed by atoms with Crippen molar-refractivity contribution in [1.29, 1.82) is 0 Å². The second kappa shape index (κ2) is 9.23. The van der Waals surface area contributed by atoms with Gasteiger partial charge >= 0.3 is 0 Å². The number of halogens is 3. The molecule has 0 saturated heterocycles. The predicted octanol–water partition coefficient (Wildman–Crippen LogP) is 4.95. The molecule has 0 atom stereocenters. The lowest BCUT2D eigenvalue weighted by Gasteiger charge is -2.11. The molecule has 3 rings (SSSR count). The Kier molecular flexibility index (Phi) is 6.86. The van der Waals surface area contributed by atoms with Gasteiger partial charge in [-0.05, 0) is 48.5 Å². The molecule has 3 aromatic rings. The van der Waals surface area contributed by atoms with Crippen molar-refractivity contribution in [3.8, 4) is 0 Å². The number of hydrogen-bond acceptors (Lipinski definition) is 5. The van der Waals surface area contributed by atoms with Gasteiger partial charge in [-0.2, -0.15) is 0 Å². The topological polar surface area (TPSA) is 105 Å². The first-order chi connectivity index (χ1) is 14.5. The molecule has 0 unspecified atom stereocenters. The third kappa shape index (κ3) is 5.74. The lowest BCUT2D eigenvalue weighted by atomic mass is 10.2. The van der Waals surface area contributed by atoms with E-state index in [4.69, 9.17) is 34.8 Å². The van der Waals surface area contributed by atoms with E-state index in [0.717, 1.165) is 6.26 Å². The van der Waals surface area contributed by atoms with E-state index in [-0.39, 0.29) is 31.9 Å². The van der Waals surface area contributed by atoms with Crippen LogP contribution in [0, 0.1) is 0 Å². The van der Waals surface area contributed by atoms with Crippen molar-refractivity contribution >= 4 is 67.8 Å². The number of amides is 2. The summed E-state index contributed by atoms with van der Waals surface area (Å²) in [7, 11) is -3.46. The van der Waals surface area contributed by atoms with Gasteiger partial charge in [0.05, 0.1) is 31.2 Å². The summed E-state index contributed by atoms with van der Waals surface area (Å²) in [6, 6.07) is 11.3. The zero-order valence-corrected chi connectivity index (χ0v) is 18.9. The Morgan fingerprint density at radius 3 is 2.23 bits per heavy atom. The number of hydrogen-bond donors (Lipinski definition) is 2. The molecule has 0 aliphatic rings. The first kappa shape index (κ1) is 23.0. The van der Waals surface area contributed by atoms with Crippen LogP contribution in [0.5, 0.6) is 0 Å².